The third-order valence-electron chi connectivity index (χ3n) is 2.91. The van der Waals surface area contributed by atoms with E-state index in [4.69, 9.17) is 14.9 Å². The van der Waals surface area contributed by atoms with E-state index < -0.39 is 0 Å². The first kappa shape index (κ1) is 12.8. The molecule has 1 atom stereocenters. The number of hydrogen-bond acceptors (Lipinski definition) is 4. The first-order chi connectivity index (χ1) is 8.24. The maximum Gasteiger partial charge on any atom is 0.0980 e. The molecule has 1 fully saturated rings. The minimum atomic E-state index is -0.111. The van der Waals surface area contributed by atoms with Crippen molar-refractivity contribution in [3.05, 3.63) is 28.2 Å². The Bertz CT molecular complexity index is 386. The van der Waals surface area contributed by atoms with Crippen molar-refractivity contribution in [2.24, 2.45) is 0 Å². The van der Waals surface area contributed by atoms with E-state index in [1.165, 1.54) is 0 Å². The standard InChI is InChI=1S/C12H16BrNO3/c13-12-5-10(2-1-9(12)7-15)14-3-4-17-11(6-14)8-16/h1-2,5,11,15-16H,3-4,6-8H2. The Labute approximate surface area is 109 Å². The van der Waals surface area contributed by atoms with Crippen LogP contribution in [0.25, 0.3) is 0 Å². The Balaban J connectivity index is 2.13. The molecule has 0 bridgehead atoms. The molecule has 0 spiro atoms. The van der Waals surface area contributed by atoms with Crippen LogP contribution < -0.4 is 4.90 Å². The largest absolute Gasteiger partial charge is 0.394 e. The summed E-state index contributed by atoms with van der Waals surface area (Å²) >= 11 is 3.44. The number of anilines is 1. The van der Waals surface area contributed by atoms with Gasteiger partial charge >= 0.3 is 0 Å². The molecule has 0 aliphatic carbocycles. The van der Waals surface area contributed by atoms with E-state index in [1.54, 1.807) is 0 Å². The summed E-state index contributed by atoms with van der Waals surface area (Å²) in [4.78, 5) is 2.18. The zero-order chi connectivity index (χ0) is 12.3. The van der Waals surface area contributed by atoms with Crippen molar-refractivity contribution in [2.75, 3.05) is 31.2 Å². The van der Waals surface area contributed by atoms with Crippen LogP contribution in [-0.4, -0.2) is 42.6 Å². The van der Waals surface area contributed by atoms with Gasteiger partial charge in [-0.25, -0.2) is 0 Å². The monoisotopic (exact) mass is 301 g/mol. The molecular formula is C12H16BrNO3. The third-order valence-corrected chi connectivity index (χ3v) is 3.65. The topological polar surface area (TPSA) is 52.9 Å². The lowest BCUT2D eigenvalue weighted by Gasteiger charge is -2.34. The van der Waals surface area contributed by atoms with Gasteiger partial charge in [0, 0.05) is 23.2 Å². The first-order valence-electron chi connectivity index (χ1n) is 5.61. The van der Waals surface area contributed by atoms with Gasteiger partial charge in [-0.1, -0.05) is 22.0 Å². The minimum absolute atomic E-state index is 0.0310. The van der Waals surface area contributed by atoms with Gasteiger partial charge < -0.3 is 19.8 Å². The Morgan fingerprint density at radius 3 is 2.88 bits per heavy atom. The first-order valence-corrected chi connectivity index (χ1v) is 6.40. The van der Waals surface area contributed by atoms with E-state index in [1.807, 2.05) is 18.2 Å². The highest BCUT2D eigenvalue weighted by Gasteiger charge is 2.20. The molecule has 0 radical (unpaired) electrons. The number of morpholine rings is 1. The van der Waals surface area contributed by atoms with E-state index >= 15 is 0 Å². The maximum atomic E-state index is 9.10. The number of benzene rings is 1. The lowest BCUT2D eigenvalue weighted by atomic mass is 10.2. The highest BCUT2D eigenvalue weighted by atomic mass is 79.9. The van der Waals surface area contributed by atoms with Gasteiger partial charge in [0.15, 0.2) is 0 Å². The average Bonchev–Trinajstić information content (AvgIpc) is 2.38. The number of ether oxygens (including phenoxy) is 1. The van der Waals surface area contributed by atoms with Crippen molar-refractivity contribution < 1.29 is 14.9 Å². The fourth-order valence-corrected chi connectivity index (χ4v) is 2.42. The van der Waals surface area contributed by atoms with Crippen molar-refractivity contribution in [3.63, 3.8) is 0 Å². The molecule has 0 amide bonds. The number of halogens is 1. The quantitative estimate of drug-likeness (QED) is 0.879. The van der Waals surface area contributed by atoms with E-state index in [9.17, 15) is 0 Å². The molecule has 1 aromatic rings. The van der Waals surface area contributed by atoms with Crippen LogP contribution in [0.15, 0.2) is 22.7 Å². The van der Waals surface area contributed by atoms with Gasteiger partial charge in [-0.05, 0) is 17.7 Å². The molecule has 1 aliphatic heterocycles. The summed E-state index contributed by atoms with van der Waals surface area (Å²) in [6, 6.07) is 5.88. The number of rotatable bonds is 3. The van der Waals surface area contributed by atoms with E-state index in [0.29, 0.717) is 13.2 Å². The summed E-state index contributed by atoms with van der Waals surface area (Å²) in [6.07, 6.45) is -0.111. The van der Waals surface area contributed by atoms with Crippen LogP contribution >= 0.6 is 15.9 Å². The lowest BCUT2D eigenvalue weighted by Crippen LogP contribution is -2.44. The van der Waals surface area contributed by atoms with Crippen molar-refractivity contribution in [1.82, 2.24) is 0 Å². The Hall–Kier alpha value is -0.620. The summed E-state index contributed by atoms with van der Waals surface area (Å²) < 4.78 is 6.32. The summed E-state index contributed by atoms with van der Waals surface area (Å²) in [7, 11) is 0. The summed E-state index contributed by atoms with van der Waals surface area (Å²) in [6.45, 7) is 2.23. The Morgan fingerprint density at radius 1 is 1.41 bits per heavy atom. The minimum Gasteiger partial charge on any atom is -0.394 e. The molecule has 4 nitrogen and oxygen atoms in total. The zero-order valence-electron chi connectivity index (χ0n) is 9.47. The fourth-order valence-electron chi connectivity index (χ4n) is 1.93. The third kappa shape index (κ3) is 2.98. The van der Waals surface area contributed by atoms with Gasteiger partial charge in [0.05, 0.1) is 25.9 Å². The smallest absolute Gasteiger partial charge is 0.0980 e. The SMILES string of the molecule is OCc1ccc(N2CCOC(CO)C2)cc1Br. The molecular weight excluding hydrogens is 286 g/mol. The molecule has 1 unspecified atom stereocenters. The Morgan fingerprint density at radius 2 is 2.24 bits per heavy atom. The number of aliphatic hydroxyl groups is 2. The molecule has 0 aromatic heterocycles. The van der Waals surface area contributed by atoms with Crippen molar-refractivity contribution in [2.45, 2.75) is 12.7 Å². The lowest BCUT2D eigenvalue weighted by molar-refractivity contribution is 0.00356. The van der Waals surface area contributed by atoms with Crippen LogP contribution in [0.2, 0.25) is 0 Å². The predicted molar refractivity (Wildman–Crippen MR) is 69.1 cm³/mol. The summed E-state index contributed by atoms with van der Waals surface area (Å²) in [5.74, 6) is 0. The van der Waals surface area contributed by atoms with E-state index in [0.717, 1.165) is 22.3 Å². The fraction of sp³-hybridized carbons (Fsp3) is 0.500. The second-order valence-corrected chi connectivity index (χ2v) is 4.91. The molecule has 1 saturated heterocycles. The number of aliphatic hydroxyl groups excluding tert-OH is 2. The van der Waals surface area contributed by atoms with Crippen LogP contribution in [0.5, 0.6) is 0 Å². The van der Waals surface area contributed by atoms with E-state index in [2.05, 4.69) is 20.8 Å². The summed E-state index contributed by atoms with van der Waals surface area (Å²) in [5.41, 5.74) is 1.96. The highest BCUT2D eigenvalue weighted by Crippen LogP contribution is 2.25. The molecule has 1 aromatic carbocycles. The molecule has 0 saturated carbocycles. The maximum absolute atomic E-state index is 9.10. The van der Waals surface area contributed by atoms with Crippen molar-refractivity contribution in [3.8, 4) is 0 Å². The zero-order valence-corrected chi connectivity index (χ0v) is 11.1. The summed E-state index contributed by atoms with van der Waals surface area (Å²) in [5, 5.41) is 18.2. The number of hydrogen-bond donors (Lipinski definition) is 2. The molecule has 94 valence electrons. The second kappa shape index (κ2) is 5.82. The average molecular weight is 302 g/mol. The molecule has 2 rings (SSSR count). The van der Waals surface area contributed by atoms with Gasteiger partial charge in [-0.2, -0.15) is 0 Å². The predicted octanol–water partition coefficient (Wildman–Crippen LogP) is 1.14. The van der Waals surface area contributed by atoms with Crippen LogP contribution in [0.3, 0.4) is 0 Å². The molecule has 5 heteroatoms. The van der Waals surface area contributed by atoms with E-state index in [-0.39, 0.29) is 19.3 Å². The second-order valence-electron chi connectivity index (χ2n) is 4.06. The van der Waals surface area contributed by atoms with Crippen molar-refractivity contribution in [1.29, 1.82) is 0 Å². The highest BCUT2D eigenvalue weighted by molar-refractivity contribution is 9.10. The van der Waals surface area contributed by atoms with Gasteiger partial charge in [0.25, 0.3) is 0 Å². The molecule has 1 heterocycles. The van der Waals surface area contributed by atoms with Crippen LogP contribution in [0.4, 0.5) is 5.69 Å². The van der Waals surface area contributed by atoms with Crippen LogP contribution in [0.1, 0.15) is 5.56 Å². The van der Waals surface area contributed by atoms with Crippen molar-refractivity contribution >= 4 is 21.6 Å². The van der Waals surface area contributed by atoms with Gasteiger partial charge in [-0.15, -0.1) is 0 Å². The normalized spacial score (nSPS) is 20.6. The van der Waals surface area contributed by atoms with Gasteiger partial charge in [0.1, 0.15) is 0 Å². The molecule has 2 N–H and O–H groups in total. The molecule has 17 heavy (non-hydrogen) atoms. The Kier molecular flexibility index (Phi) is 4.39. The van der Waals surface area contributed by atoms with Gasteiger partial charge in [-0.3, -0.25) is 0 Å². The van der Waals surface area contributed by atoms with Crippen LogP contribution in [-0.2, 0) is 11.3 Å². The number of nitrogens with zero attached hydrogens (tertiary/aromatic N) is 1. The molecule has 1 aliphatic rings. The van der Waals surface area contributed by atoms with Gasteiger partial charge in [0.2, 0.25) is 0 Å². The van der Waals surface area contributed by atoms with Crippen LogP contribution in [0, 0.1) is 0 Å².